The van der Waals surface area contributed by atoms with E-state index in [0.717, 1.165) is 31.2 Å². The number of hydrogen-bond donors (Lipinski definition) is 1. The van der Waals surface area contributed by atoms with Crippen molar-refractivity contribution < 1.29 is 18.4 Å². The Morgan fingerprint density at radius 3 is 2.48 bits per heavy atom. The molecule has 0 bridgehead atoms. The highest BCUT2D eigenvalue weighted by molar-refractivity contribution is 7.99. The van der Waals surface area contributed by atoms with Crippen molar-refractivity contribution in [3.63, 3.8) is 0 Å². The Bertz CT molecular complexity index is 932. The number of benzene rings is 2. The van der Waals surface area contributed by atoms with Crippen molar-refractivity contribution in [1.29, 1.82) is 0 Å². The normalized spacial score (nSPS) is 14.8. The van der Waals surface area contributed by atoms with E-state index in [0.29, 0.717) is 17.0 Å². The zero-order valence-corrected chi connectivity index (χ0v) is 20.2. The minimum atomic E-state index is -0.638. The highest BCUT2D eigenvalue weighted by atomic mass is 35.5. The first-order chi connectivity index (χ1) is 15.9. The molecule has 1 aliphatic rings. The first-order valence-corrected chi connectivity index (χ1v) is 12.8. The average Bonchev–Trinajstić information content (AvgIpc) is 3.30. The topological polar surface area (TPSA) is 49.4 Å². The van der Waals surface area contributed by atoms with Crippen LogP contribution in [-0.4, -0.2) is 34.6 Å². The van der Waals surface area contributed by atoms with Crippen LogP contribution in [0.3, 0.4) is 0 Å². The number of amides is 2. The lowest BCUT2D eigenvalue weighted by Gasteiger charge is -2.31. The first kappa shape index (κ1) is 25.5. The Balaban J connectivity index is 1.72. The van der Waals surface area contributed by atoms with Crippen LogP contribution < -0.4 is 5.32 Å². The summed E-state index contributed by atoms with van der Waals surface area (Å²) in [6, 6.07) is 9.91. The van der Waals surface area contributed by atoms with Crippen LogP contribution in [-0.2, 0) is 21.9 Å². The predicted octanol–water partition coefficient (Wildman–Crippen LogP) is 5.72. The van der Waals surface area contributed by atoms with Gasteiger partial charge < -0.3 is 10.2 Å². The van der Waals surface area contributed by atoms with Crippen LogP contribution in [0.1, 0.15) is 50.2 Å². The Morgan fingerprint density at radius 1 is 1.15 bits per heavy atom. The first-order valence-electron chi connectivity index (χ1n) is 11.2. The van der Waals surface area contributed by atoms with E-state index in [4.69, 9.17) is 11.6 Å². The third-order valence-electron chi connectivity index (χ3n) is 5.89. The molecule has 2 amide bonds. The predicted molar refractivity (Wildman–Crippen MR) is 129 cm³/mol. The van der Waals surface area contributed by atoms with Gasteiger partial charge in [0.15, 0.2) is 0 Å². The zero-order valence-electron chi connectivity index (χ0n) is 18.7. The molecule has 0 unspecified atom stereocenters. The van der Waals surface area contributed by atoms with Crippen LogP contribution in [0.15, 0.2) is 42.5 Å². The van der Waals surface area contributed by atoms with E-state index in [-0.39, 0.29) is 41.7 Å². The molecule has 0 aliphatic heterocycles. The largest absolute Gasteiger partial charge is 0.352 e. The lowest BCUT2D eigenvalue weighted by atomic mass is 10.1. The molecule has 4 nitrogen and oxygen atoms in total. The van der Waals surface area contributed by atoms with Crippen LogP contribution in [0.2, 0.25) is 5.02 Å². The van der Waals surface area contributed by atoms with Gasteiger partial charge in [-0.15, -0.1) is 11.8 Å². The Hall–Kier alpha value is -2.12. The van der Waals surface area contributed by atoms with E-state index in [9.17, 15) is 18.4 Å². The molecule has 0 aromatic heterocycles. The van der Waals surface area contributed by atoms with E-state index in [1.807, 2.05) is 6.92 Å². The fraction of sp³-hybridized carbons (Fsp3) is 0.440. The molecule has 2 aromatic carbocycles. The second kappa shape index (κ2) is 12.4. The molecule has 1 fully saturated rings. The van der Waals surface area contributed by atoms with Gasteiger partial charge in [-0.1, -0.05) is 49.6 Å². The van der Waals surface area contributed by atoms with Gasteiger partial charge in [-0.3, -0.25) is 9.59 Å². The van der Waals surface area contributed by atoms with Gasteiger partial charge in [-0.25, -0.2) is 8.78 Å². The summed E-state index contributed by atoms with van der Waals surface area (Å²) in [4.78, 5) is 27.9. The number of carbonyl (C=O) groups is 2. The maximum Gasteiger partial charge on any atom is 0.243 e. The molecule has 178 valence electrons. The van der Waals surface area contributed by atoms with E-state index in [1.54, 1.807) is 23.1 Å². The Labute approximate surface area is 203 Å². The molecule has 0 saturated heterocycles. The SMILES string of the molecule is CC[C@H](C(=O)NC1CCCC1)N(Cc1ccc(F)cc1)C(=O)CSCc1c(F)cccc1Cl. The molecule has 1 atom stereocenters. The molecule has 0 spiro atoms. The van der Waals surface area contributed by atoms with Gasteiger partial charge in [0.05, 0.1) is 5.75 Å². The molecule has 0 heterocycles. The van der Waals surface area contributed by atoms with Crippen molar-refractivity contribution in [2.24, 2.45) is 0 Å². The van der Waals surface area contributed by atoms with Gasteiger partial charge in [0, 0.05) is 28.9 Å². The summed E-state index contributed by atoms with van der Waals surface area (Å²) in [5.41, 5.74) is 1.09. The number of nitrogens with zero attached hydrogens (tertiary/aromatic N) is 1. The summed E-state index contributed by atoms with van der Waals surface area (Å²) in [5.74, 6) is -0.855. The van der Waals surface area contributed by atoms with Gasteiger partial charge in [0.2, 0.25) is 11.8 Å². The molecule has 33 heavy (non-hydrogen) atoms. The second-order valence-corrected chi connectivity index (χ2v) is 9.65. The van der Waals surface area contributed by atoms with Crippen molar-refractivity contribution in [2.45, 2.75) is 63.4 Å². The quantitative estimate of drug-likeness (QED) is 0.459. The molecule has 0 radical (unpaired) electrons. The molecular weight excluding hydrogens is 466 g/mol. The fourth-order valence-electron chi connectivity index (χ4n) is 4.07. The van der Waals surface area contributed by atoms with Crippen molar-refractivity contribution in [1.82, 2.24) is 10.2 Å². The van der Waals surface area contributed by atoms with E-state index >= 15 is 0 Å². The molecular formula is C25H29ClF2N2O2S. The van der Waals surface area contributed by atoms with Crippen LogP contribution in [0.25, 0.3) is 0 Å². The fourth-order valence-corrected chi connectivity index (χ4v) is 5.32. The van der Waals surface area contributed by atoms with Crippen LogP contribution in [0.5, 0.6) is 0 Å². The van der Waals surface area contributed by atoms with Crippen LogP contribution in [0, 0.1) is 11.6 Å². The maximum absolute atomic E-state index is 14.1. The second-order valence-electron chi connectivity index (χ2n) is 8.26. The molecule has 3 rings (SSSR count). The van der Waals surface area contributed by atoms with Gasteiger partial charge in [-0.2, -0.15) is 0 Å². The number of thioether (sulfide) groups is 1. The molecule has 1 N–H and O–H groups in total. The monoisotopic (exact) mass is 494 g/mol. The molecule has 1 aliphatic carbocycles. The summed E-state index contributed by atoms with van der Waals surface area (Å²) in [5, 5.41) is 3.41. The third-order valence-corrected chi connectivity index (χ3v) is 7.19. The summed E-state index contributed by atoms with van der Waals surface area (Å²) in [6.07, 6.45) is 4.54. The Kier molecular flexibility index (Phi) is 9.56. The van der Waals surface area contributed by atoms with Gasteiger partial charge in [0.25, 0.3) is 0 Å². The minimum Gasteiger partial charge on any atom is -0.352 e. The van der Waals surface area contributed by atoms with Crippen molar-refractivity contribution in [3.05, 3.63) is 70.2 Å². The number of nitrogens with one attached hydrogen (secondary N) is 1. The smallest absolute Gasteiger partial charge is 0.243 e. The molecule has 8 heteroatoms. The van der Waals surface area contributed by atoms with Gasteiger partial charge >= 0.3 is 0 Å². The number of halogens is 3. The average molecular weight is 495 g/mol. The lowest BCUT2D eigenvalue weighted by Crippen LogP contribution is -2.51. The lowest BCUT2D eigenvalue weighted by molar-refractivity contribution is -0.139. The highest BCUT2D eigenvalue weighted by Crippen LogP contribution is 2.25. The standard InChI is InChI=1S/C25H29ClF2N2O2S/c1-2-23(25(32)29-19-6-3-4-7-19)30(14-17-10-12-18(27)13-11-17)24(31)16-33-15-20-21(26)8-5-9-22(20)28/h5,8-13,19,23H,2-4,6-7,14-16H2,1H3,(H,29,32)/t23-/m1/s1. The summed E-state index contributed by atoms with van der Waals surface area (Å²) < 4.78 is 27.4. The minimum absolute atomic E-state index is 0.0685. The van der Waals surface area contributed by atoms with Crippen LogP contribution in [0.4, 0.5) is 8.78 Å². The van der Waals surface area contributed by atoms with Crippen molar-refractivity contribution in [3.8, 4) is 0 Å². The van der Waals surface area contributed by atoms with Crippen LogP contribution >= 0.6 is 23.4 Å². The maximum atomic E-state index is 14.1. The van der Waals surface area contributed by atoms with Crippen molar-refractivity contribution >= 4 is 35.2 Å². The Morgan fingerprint density at radius 2 is 1.85 bits per heavy atom. The third kappa shape index (κ3) is 7.18. The van der Waals surface area contributed by atoms with E-state index in [2.05, 4.69) is 5.32 Å². The number of carbonyl (C=O) groups excluding carboxylic acids is 2. The highest BCUT2D eigenvalue weighted by Gasteiger charge is 2.30. The zero-order chi connectivity index (χ0) is 23.8. The number of hydrogen-bond acceptors (Lipinski definition) is 3. The number of rotatable bonds is 10. The molecule has 1 saturated carbocycles. The summed E-state index contributed by atoms with van der Waals surface area (Å²) >= 11 is 7.34. The van der Waals surface area contributed by atoms with Gasteiger partial charge in [0.1, 0.15) is 17.7 Å². The summed E-state index contributed by atoms with van der Waals surface area (Å²) in [6.45, 7) is 2.06. The van der Waals surface area contributed by atoms with Crippen molar-refractivity contribution in [2.75, 3.05) is 5.75 Å². The van der Waals surface area contributed by atoms with E-state index in [1.165, 1.54) is 36.0 Å². The van der Waals surface area contributed by atoms with Gasteiger partial charge in [-0.05, 0) is 49.1 Å². The molecule has 2 aromatic rings. The summed E-state index contributed by atoms with van der Waals surface area (Å²) in [7, 11) is 0. The van der Waals surface area contributed by atoms with E-state index < -0.39 is 11.9 Å².